The molecule has 1 fully saturated rings. The SMILES string of the molecule is COc1ccccc1CNC(=O)C1CC1C(=O)Nc1cccc(C(C)=O)c1. The van der Waals surface area contributed by atoms with Crippen LogP contribution in [0.1, 0.15) is 29.3 Å². The molecule has 3 rings (SSSR count). The Bertz CT molecular complexity index is 878. The number of rotatable bonds is 7. The van der Waals surface area contributed by atoms with Gasteiger partial charge in [-0.3, -0.25) is 14.4 Å². The predicted molar refractivity (Wildman–Crippen MR) is 102 cm³/mol. The molecule has 6 nitrogen and oxygen atoms in total. The minimum Gasteiger partial charge on any atom is -0.496 e. The highest BCUT2D eigenvalue weighted by Gasteiger charge is 2.47. The molecule has 2 atom stereocenters. The molecule has 2 unspecified atom stereocenters. The summed E-state index contributed by atoms with van der Waals surface area (Å²) in [7, 11) is 1.59. The highest BCUT2D eigenvalue weighted by atomic mass is 16.5. The van der Waals surface area contributed by atoms with E-state index in [-0.39, 0.29) is 29.4 Å². The maximum atomic E-state index is 12.3. The van der Waals surface area contributed by atoms with Crippen LogP contribution in [-0.2, 0) is 16.1 Å². The van der Waals surface area contributed by atoms with Crippen LogP contribution in [0.5, 0.6) is 5.75 Å². The zero-order chi connectivity index (χ0) is 19.4. The van der Waals surface area contributed by atoms with Gasteiger partial charge in [-0.1, -0.05) is 30.3 Å². The quantitative estimate of drug-likeness (QED) is 0.738. The number of hydrogen-bond donors (Lipinski definition) is 2. The molecule has 1 aliphatic carbocycles. The summed E-state index contributed by atoms with van der Waals surface area (Å²) in [6.45, 7) is 1.83. The van der Waals surface area contributed by atoms with Crippen LogP contribution < -0.4 is 15.4 Å². The number of hydrogen-bond acceptors (Lipinski definition) is 4. The van der Waals surface area contributed by atoms with Crippen molar-refractivity contribution in [1.29, 1.82) is 0 Å². The Labute approximate surface area is 157 Å². The number of ketones is 1. The molecule has 2 aromatic rings. The van der Waals surface area contributed by atoms with E-state index in [1.807, 2.05) is 24.3 Å². The minimum atomic E-state index is -0.344. The van der Waals surface area contributed by atoms with Crippen LogP contribution in [0, 0.1) is 11.8 Å². The predicted octanol–water partition coefficient (Wildman–Crippen LogP) is 2.79. The molecule has 2 aromatic carbocycles. The monoisotopic (exact) mass is 366 g/mol. The van der Waals surface area contributed by atoms with Crippen molar-refractivity contribution in [3.8, 4) is 5.75 Å². The van der Waals surface area contributed by atoms with Crippen LogP contribution in [0.2, 0.25) is 0 Å². The lowest BCUT2D eigenvalue weighted by atomic mass is 10.1. The van der Waals surface area contributed by atoms with Crippen molar-refractivity contribution in [3.05, 3.63) is 59.7 Å². The van der Waals surface area contributed by atoms with Crippen LogP contribution in [0.3, 0.4) is 0 Å². The van der Waals surface area contributed by atoms with E-state index in [4.69, 9.17) is 4.74 Å². The summed E-state index contributed by atoms with van der Waals surface area (Å²) in [5.74, 6) is -0.356. The third kappa shape index (κ3) is 4.53. The van der Waals surface area contributed by atoms with Gasteiger partial charge in [0.05, 0.1) is 18.9 Å². The van der Waals surface area contributed by atoms with Gasteiger partial charge in [-0.25, -0.2) is 0 Å². The third-order valence-electron chi connectivity index (χ3n) is 4.65. The Morgan fingerprint density at radius 2 is 1.78 bits per heavy atom. The second-order valence-corrected chi connectivity index (χ2v) is 6.60. The molecule has 0 bridgehead atoms. The number of benzene rings is 2. The van der Waals surface area contributed by atoms with Gasteiger partial charge in [0, 0.05) is 23.4 Å². The summed E-state index contributed by atoms with van der Waals surface area (Å²) in [5, 5.41) is 5.65. The average molecular weight is 366 g/mol. The first-order valence-corrected chi connectivity index (χ1v) is 8.81. The van der Waals surface area contributed by atoms with Gasteiger partial charge in [-0.05, 0) is 31.5 Å². The van der Waals surface area contributed by atoms with Gasteiger partial charge in [0.15, 0.2) is 5.78 Å². The number of nitrogens with one attached hydrogen (secondary N) is 2. The maximum Gasteiger partial charge on any atom is 0.228 e. The molecule has 2 amide bonds. The van der Waals surface area contributed by atoms with Crippen molar-refractivity contribution >= 4 is 23.3 Å². The number of carbonyl (C=O) groups excluding carboxylic acids is 3. The molecule has 140 valence electrons. The largest absolute Gasteiger partial charge is 0.496 e. The van der Waals surface area contributed by atoms with Gasteiger partial charge in [-0.15, -0.1) is 0 Å². The molecule has 2 N–H and O–H groups in total. The fraction of sp³-hybridized carbons (Fsp3) is 0.286. The van der Waals surface area contributed by atoms with Gasteiger partial charge in [0.1, 0.15) is 5.75 Å². The molecule has 0 saturated heterocycles. The van der Waals surface area contributed by atoms with Crippen molar-refractivity contribution < 1.29 is 19.1 Å². The van der Waals surface area contributed by atoms with Crippen LogP contribution >= 0.6 is 0 Å². The third-order valence-corrected chi connectivity index (χ3v) is 4.65. The zero-order valence-corrected chi connectivity index (χ0v) is 15.3. The smallest absolute Gasteiger partial charge is 0.228 e. The molecule has 0 spiro atoms. The molecule has 0 radical (unpaired) electrons. The first kappa shape index (κ1) is 18.6. The molecule has 0 heterocycles. The van der Waals surface area contributed by atoms with Gasteiger partial charge < -0.3 is 15.4 Å². The van der Waals surface area contributed by atoms with Crippen molar-refractivity contribution in [1.82, 2.24) is 5.32 Å². The summed E-state index contributed by atoms with van der Waals surface area (Å²) in [6, 6.07) is 14.3. The highest BCUT2D eigenvalue weighted by Crippen LogP contribution is 2.39. The van der Waals surface area contributed by atoms with Crippen LogP contribution in [-0.4, -0.2) is 24.7 Å². The van der Waals surface area contributed by atoms with Crippen molar-refractivity contribution in [2.75, 3.05) is 12.4 Å². The average Bonchev–Trinajstić information content (AvgIpc) is 3.47. The zero-order valence-electron chi connectivity index (χ0n) is 15.3. The summed E-state index contributed by atoms with van der Waals surface area (Å²) >= 11 is 0. The normalized spacial score (nSPS) is 17.7. The number of para-hydroxylation sites is 1. The van der Waals surface area contributed by atoms with E-state index < -0.39 is 0 Å². The fourth-order valence-electron chi connectivity index (χ4n) is 2.99. The molecular formula is C21H22N2O4. The second-order valence-electron chi connectivity index (χ2n) is 6.60. The number of anilines is 1. The highest BCUT2D eigenvalue weighted by molar-refractivity contribution is 6.01. The Kier molecular flexibility index (Phi) is 5.54. The summed E-state index contributed by atoms with van der Waals surface area (Å²) in [5.41, 5.74) is 1.98. The number of ether oxygens (including phenoxy) is 1. The van der Waals surface area contributed by atoms with E-state index in [2.05, 4.69) is 10.6 Å². The topological polar surface area (TPSA) is 84.5 Å². The summed E-state index contributed by atoms with van der Waals surface area (Å²) < 4.78 is 5.27. The van der Waals surface area contributed by atoms with Gasteiger partial charge >= 0.3 is 0 Å². The van der Waals surface area contributed by atoms with Crippen LogP contribution in [0.15, 0.2) is 48.5 Å². The van der Waals surface area contributed by atoms with Gasteiger partial charge in [-0.2, -0.15) is 0 Å². The number of carbonyl (C=O) groups is 3. The van der Waals surface area contributed by atoms with E-state index in [0.717, 1.165) is 5.56 Å². The Morgan fingerprint density at radius 1 is 1.04 bits per heavy atom. The number of amides is 2. The summed E-state index contributed by atoms with van der Waals surface area (Å²) in [6.07, 6.45) is 0.524. The first-order valence-electron chi connectivity index (χ1n) is 8.81. The van der Waals surface area contributed by atoms with Crippen LogP contribution in [0.25, 0.3) is 0 Å². The van der Waals surface area contributed by atoms with Gasteiger partial charge in [0.25, 0.3) is 0 Å². The van der Waals surface area contributed by atoms with Crippen molar-refractivity contribution in [2.45, 2.75) is 19.9 Å². The Morgan fingerprint density at radius 3 is 2.52 bits per heavy atom. The molecule has 27 heavy (non-hydrogen) atoms. The molecule has 0 aromatic heterocycles. The number of methoxy groups -OCH3 is 1. The lowest BCUT2D eigenvalue weighted by molar-refractivity contribution is -0.125. The minimum absolute atomic E-state index is 0.0638. The molecular weight excluding hydrogens is 344 g/mol. The van der Waals surface area contributed by atoms with E-state index in [1.165, 1.54) is 6.92 Å². The van der Waals surface area contributed by atoms with E-state index in [9.17, 15) is 14.4 Å². The molecule has 0 aliphatic heterocycles. The van der Waals surface area contributed by atoms with Crippen molar-refractivity contribution in [3.63, 3.8) is 0 Å². The second kappa shape index (κ2) is 8.03. The van der Waals surface area contributed by atoms with Gasteiger partial charge in [0.2, 0.25) is 11.8 Å². The van der Waals surface area contributed by atoms with E-state index in [1.54, 1.807) is 31.4 Å². The lowest BCUT2D eigenvalue weighted by Gasteiger charge is -2.09. The number of Topliss-reactive ketones (excluding diaryl/α,β-unsaturated/α-hetero) is 1. The summed E-state index contributed by atoms with van der Waals surface area (Å²) in [4.78, 5) is 36.1. The van der Waals surface area contributed by atoms with E-state index in [0.29, 0.717) is 30.0 Å². The van der Waals surface area contributed by atoms with Crippen molar-refractivity contribution in [2.24, 2.45) is 11.8 Å². The fourth-order valence-corrected chi connectivity index (χ4v) is 2.99. The standard InChI is InChI=1S/C21H22N2O4/c1-13(24)14-7-5-8-16(10-14)23-21(26)18-11-17(18)20(25)22-12-15-6-3-4-9-19(15)27-2/h3-10,17-18H,11-12H2,1-2H3,(H,22,25)(H,23,26). The molecule has 1 saturated carbocycles. The molecule has 1 aliphatic rings. The lowest BCUT2D eigenvalue weighted by Crippen LogP contribution is -2.27. The van der Waals surface area contributed by atoms with E-state index >= 15 is 0 Å². The first-order chi connectivity index (χ1) is 13.0. The maximum absolute atomic E-state index is 12.3. The van der Waals surface area contributed by atoms with Crippen LogP contribution in [0.4, 0.5) is 5.69 Å². The molecule has 6 heteroatoms. The Balaban J connectivity index is 1.52. The Hall–Kier alpha value is -3.15.